The molecule has 4 rings (SSSR count). The maximum atomic E-state index is 12.9. The fourth-order valence-electron chi connectivity index (χ4n) is 4.42. The smallest absolute Gasteiger partial charge is 0.410 e. The molecule has 0 bridgehead atoms. The van der Waals surface area contributed by atoms with Crippen molar-refractivity contribution in [2.75, 3.05) is 13.1 Å². The Balaban J connectivity index is 1.49. The van der Waals surface area contributed by atoms with Crippen molar-refractivity contribution in [1.29, 1.82) is 0 Å². The van der Waals surface area contributed by atoms with Crippen molar-refractivity contribution in [2.24, 2.45) is 0 Å². The first-order valence-electron chi connectivity index (χ1n) is 10.1. The fraction of sp³-hybridized carbons (Fsp3) is 0.636. The Hall–Kier alpha value is -2.04. The maximum Gasteiger partial charge on any atom is 0.410 e. The van der Waals surface area contributed by atoms with Gasteiger partial charge in [-0.2, -0.15) is 0 Å². The summed E-state index contributed by atoms with van der Waals surface area (Å²) in [5.74, 6) is 0.924. The number of carbonyl (C=O) groups is 2. The van der Waals surface area contributed by atoms with Gasteiger partial charge in [0.2, 0.25) is 0 Å². The van der Waals surface area contributed by atoms with Gasteiger partial charge in [0.25, 0.3) is 0 Å². The van der Waals surface area contributed by atoms with Crippen LogP contribution in [0.25, 0.3) is 0 Å². The Labute approximate surface area is 161 Å². The highest BCUT2D eigenvalue weighted by Crippen LogP contribution is 2.41. The number of hydrogen-bond acceptors (Lipinski definition) is 4. The molecule has 0 saturated carbocycles. The molecule has 0 atom stereocenters. The molecule has 2 heterocycles. The molecule has 2 aliphatic heterocycles. The van der Waals surface area contributed by atoms with Crippen LogP contribution in [0.15, 0.2) is 12.1 Å². The van der Waals surface area contributed by atoms with Crippen LogP contribution in [0.2, 0.25) is 0 Å². The van der Waals surface area contributed by atoms with Crippen LogP contribution >= 0.6 is 0 Å². The topological polar surface area (TPSA) is 55.8 Å². The third-order valence-corrected chi connectivity index (χ3v) is 5.88. The van der Waals surface area contributed by atoms with Crippen LogP contribution < -0.4 is 4.74 Å². The van der Waals surface area contributed by atoms with Crippen LogP contribution in [0.4, 0.5) is 4.79 Å². The Morgan fingerprint density at radius 3 is 2.37 bits per heavy atom. The molecule has 1 saturated heterocycles. The van der Waals surface area contributed by atoms with E-state index in [9.17, 15) is 9.59 Å². The molecule has 0 unspecified atom stereocenters. The largest absolute Gasteiger partial charge is 0.486 e. The van der Waals surface area contributed by atoms with Gasteiger partial charge >= 0.3 is 6.09 Å². The summed E-state index contributed by atoms with van der Waals surface area (Å²) >= 11 is 0. The molecule has 5 nitrogen and oxygen atoms in total. The van der Waals surface area contributed by atoms with E-state index in [4.69, 9.17) is 9.47 Å². The van der Waals surface area contributed by atoms with Crippen LogP contribution in [0.5, 0.6) is 5.75 Å². The highest BCUT2D eigenvalue weighted by Gasteiger charge is 2.44. The number of piperidine rings is 1. The van der Waals surface area contributed by atoms with Crippen molar-refractivity contribution in [1.82, 2.24) is 4.90 Å². The van der Waals surface area contributed by atoms with Crippen LogP contribution in [0, 0.1) is 0 Å². The normalized spacial score (nSPS) is 21.3. The van der Waals surface area contributed by atoms with Gasteiger partial charge < -0.3 is 14.4 Å². The zero-order valence-electron chi connectivity index (χ0n) is 16.6. The number of amides is 1. The third kappa shape index (κ3) is 3.69. The molecule has 27 heavy (non-hydrogen) atoms. The van der Waals surface area contributed by atoms with E-state index in [0.717, 1.165) is 24.2 Å². The minimum absolute atomic E-state index is 0.176. The summed E-state index contributed by atoms with van der Waals surface area (Å²) in [5, 5.41) is 0. The summed E-state index contributed by atoms with van der Waals surface area (Å²) in [5.41, 5.74) is 2.41. The summed E-state index contributed by atoms with van der Waals surface area (Å²) in [4.78, 5) is 26.9. The summed E-state index contributed by atoms with van der Waals surface area (Å²) < 4.78 is 11.9. The van der Waals surface area contributed by atoms with Gasteiger partial charge in [-0.1, -0.05) is 0 Å². The summed E-state index contributed by atoms with van der Waals surface area (Å²) in [6, 6.07) is 4.16. The lowest BCUT2D eigenvalue weighted by Crippen LogP contribution is -2.53. The van der Waals surface area contributed by atoms with Gasteiger partial charge in [0.1, 0.15) is 17.0 Å². The average Bonchev–Trinajstić information content (AvgIpc) is 2.59. The van der Waals surface area contributed by atoms with E-state index in [-0.39, 0.29) is 11.9 Å². The lowest BCUT2D eigenvalue weighted by molar-refractivity contribution is -0.0226. The number of Topliss-reactive ketones (excluding diaryl/α,β-unsaturated/α-hetero) is 1. The van der Waals surface area contributed by atoms with Gasteiger partial charge in [-0.3, -0.25) is 4.79 Å². The number of rotatable bonds is 0. The van der Waals surface area contributed by atoms with Crippen molar-refractivity contribution in [3.05, 3.63) is 28.8 Å². The zero-order valence-corrected chi connectivity index (χ0v) is 16.6. The molecular formula is C22H29NO4. The maximum absolute atomic E-state index is 12.9. The molecular weight excluding hydrogens is 342 g/mol. The Bertz CT molecular complexity index is 769. The zero-order chi connectivity index (χ0) is 19.2. The molecule has 1 spiro atoms. The Morgan fingerprint density at radius 2 is 1.74 bits per heavy atom. The van der Waals surface area contributed by atoms with Gasteiger partial charge in [-0.25, -0.2) is 4.79 Å². The molecule has 0 aromatic heterocycles. The van der Waals surface area contributed by atoms with E-state index in [1.807, 2.05) is 20.8 Å². The molecule has 1 aromatic carbocycles. The standard InChI is InChI=1S/C22H29NO4/c1-21(2,3)27-20(25)23-10-8-22(9-11-23)14-18(24)17-12-15-6-4-5-7-16(15)13-19(17)26-22/h12-13H,4-11,14H2,1-3H3. The highest BCUT2D eigenvalue weighted by molar-refractivity contribution is 6.00. The summed E-state index contributed by atoms with van der Waals surface area (Å²) in [6.07, 6.45) is 5.98. The van der Waals surface area contributed by atoms with Gasteiger partial charge in [0.05, 0.1) is 12.0 Å². The quantitative estimate of drug-likeness (QED) is 0.682. The van der Waals surface area contributed by atoms with Crippen molar-refractivity contribution in [2.45, 2.75) is 76.9 Å². The Morgan fingerprint density at radius 1 is 1.11 bits per heavy atom. The summed E-state index contributed by atoms with van der Waals surface area (Å²) in [6.45, 7) is 6.73. The molecule has 0 radical (unpaired) electrons. The highest BCUT2D eigenvalue weighted by atomic mass is 16.6. The van der Waals surface area contributed by atoms with E-state index in [2.05, 4.69) is 12.1 Å². The minimum Gasteiger partial charge on any atom is -0.486 e. The molecule has 1 aromatic rings. The summed E-state index contributed by atoms with van der Waals surface area (Å²) in [7, 11) is 0. The first-order valence-corrected chi connectivity index (χ1v) is 10.1. The predicted molar refractivity (Wildman–Crippen MR) is 102 cm³/mol. The second-order valence-electron chi connectivity index (χ2n) is 9.18. The molecule has 146 valence electrons. The monoisotopic (exact) mass is 371 g/mol. The first kappa shape index (κ1) is 18.3. The number of nitrogens with zero attached hydrogens (tertiary/aromatic N) is 1. The van der Waals surface area contributed by atoms with E-state index < -0.39 is 11.2 Å². The Kier molecular flexibility index (Phi) is 4.44. The van der Waals surface area contributed by atoms with Gasteiger partial charge in [0, 0.05) is 25.9 Å². The number of ketones is 1. The third-order valence-electron chi connectivity index (χ3n) is 5.88. The predicted octanol–water partition coefficient (Wildman–Crippen LogP) is 4.30. The molecule has 0 N–H and O–H groups in total. The molecule has 1 amide bonds. The van der Waals surface area contributed by atoms with Gasteiger partial charge in [-0.15, -0.1) is 0 Å². The molecule has 1 fully saturated rings. The van der Waals surface area contributed by atoms with Crippen molar-refractivity contribution >= 4 is 11.9 Å². The van der Waals surface area contributed by atoms with Crippen molar-refractivity contribution < 1.29 is 19.1 Å². The van der Waals surface area contributed by atoms with E-state index in [1.165, 1.54) is 24.0 Å². The van der Waals surface area contributed by atoms with Crippen LogP contribution in [-0.2, 0) is 17.6 Å². The van der Waals surface area contributed by atoms with E-state index in [1.54, 1.807) is 4.90 Å². The molecule has 1 aliphatic carbocycles. The number of hydrogen-bond donors (Lipinski definition) is 0. The van der Waals surface area contributed by atoms with Crippen LogP contribution in [0.1, 0.15) is 74.4 Å². The van der Waals surface area contributed by atoms with Crippen LogP contribution in [-0.4, -0.2) is 41.1 Å². The lowest BCUT2D eigenvalue weighted by atomic mass is 9.80. The van der Waals surface area contributed by atoms with E-state index >= 15 is 0 Å². The number of aryl methyl sites for hydroxylation is 2. The SMILES string of the molecule is CC(C)(C)OC(=O)N1CCC2(CC1)CC(=O)c1cc3c(cc1O2)CCCC3. The van der Waals surface area contributed by atoms with Crippen molar-refractivity contribution in [3.8, 4) is 5.75 Å². The van der Waals surface area contributed by atoms with Crippen molar-refractivity contribution in [3.63, 3.8) is 0 Å². The number of ether oxygens (including phenoxy) is 2. The number of fused-ring (bicyclic) bond motifs is 2. The average molecular weight is 371 g/mol. The second kappa shape index (κ2) is 6.54. The molecule has 5 heteroatoms. The number of benzene rings is 1. The second-order valence-corrected chi connectivity index (χ2v) is 9.18. The minimum atomic E-state index is -0.498. The van der Waals surface area contributed by atoms with Gasteiger partial charge in [-0.05, 0) is 69.7 Å². The van der Waals surface area contributed by atoms with Crippen LogP contribution in [0.3, 0.4) is 0 Å². The van der Waals surface area contributed by atoms with E-state index in [0.29, 0.717) is 32.4 Å². The lowest BCUT2D eigenvalue weighted by Gasteiger charge is -2.44. The number of carbonyl (C=O) groups excluding carboxylic acids is 2. The molecule has 3 aliphatic rings. The number of likely N-dealkylation sites (tertiary alicyclic amines) is 1. The fourth-order valence-corrected chi connectivity index (χ4v) is 4.42. The van der Waals surface area contributed by atoms with Gasteiger partial charge in [0.15, 0.2) is 5.78 Å². The first-order chi connectivity index (χ1) is 12.7.